The molecule has 0 saturated heterocycles. The zero-order valence-electron chi connectivity index (χ0n) is 5.41. The number of imidazole rings is 1. The first-order valence-corrected chi connectivity index (χ1v) is 2.95. The number of aromatic amines is 1. The van der Waals surface area contributed by atoms with Crippen molar-refractivity contribution in [2.24, 2.45) is 0 Å². The lowest BCUT2D eigenvalue weighted by atomic mass is 10.2. The topological polar surface area (TPSA) is 48.9 Å². The van der Waals surface area contributed by atoms with Gasteiger partial charge in [0, 0.05) is 18.8 Å². The SMILES string of the molecule is C#CCC(O)c1ncc[nH]1. The van der Waals surface area contributed by atoms with Crippen molar-refractivity contribution < 1.29 is 5.11 Å². The predicted octanol–water partition coefficient (Wildman–Crippen LogP) is 0.466. The summed E-state index contributed by atoms with van der Waals surface area (Å²) in [6.45, 7) is 0. The van der Waals surface area contributed by atoms with Crippen molar-refractivity contribution in [2.75, 3.05) is 0 Å². The number of aliphatic hydroxyl groups excluding tert-OH is 1. The third-order valence-corrected chi connectivity index (χ3v) is 1.15. The Morgan fingerprint density at radius 1 is 1.90 bits per heavy atom. The summed E-state index contributed by atoms with van der Waals surface area (Å²) in [6.07, 6.45) is 7.86. The second kappa shape index (κ2) is 3.04. The molecule has 52 valence electrons. The molecule has 10 heavy (non-hydrogen) atoms. The lowest BCUT2D eigenvalue weighted by Gasteiger charge is -2.00. The molecule has 0 aliphatic rings. The summed E-state index contributed by atoms with van der Waals surface area (Å²) in [4.78, 5) is 6.60. The molecular formula is C7H8N2O. The van der Waals surface area contributed by atoms with Crippen molar-refractivity contribution in [3.05, 3.63) is 18.2 Å². The van der Waals surface area contributed by atoms with E-state index in [-0.39, 0.29) is 0 Å². The molecule has 1 aromatic rings. The van der Waals surface area contributed by atoms with Gasteiger partial charge in [0.15, 0.2) is 0 Å². The summed E-state index contributed by atoms with van der Waals surface area (Å²) in [5, 5.41) is 9.17. The fourth-order valence-corrected chi connectivity index (χ4v) is 0.668. The van der Waals surface area contributed by atoms with Crippen molar-refractivity contribution in [2.45, 2.75) is 12.5 Å². The molecule has 0 radical (unpaired) electrons. The minimum Gasteiger partial charge on any atom is -0.384 e. The van der Waals surface area contributed by atoms with Crippen LogP contribution >= 0.6 is 0 Å². The van der Waals surface area contributed by atoms with Crippen LogP contribution in [0.2, 0.25) is 0 Å². The molecule has 3 heteroatoms. The van der Waals surface area contributed by atoms with Crippen LogP contribution < -0.4 is 0 Å². The Bertz CT molecular complexity index is 222. The van der Waals surface area contributed by atoms with Crippen molar-refractivity contribution in [3.8, 4) is 12.3 Å². The Labute approximate surface area is 59.1 Å². The molecule has 0 aliphatic heterocycles. The van der Waals surface area contributed by atoms with Crippen LogP contribution in [0.15, 0.2) is 12.4 Å². The van der Waals surface area contributed by atoms with E-state index in [1.54, 1.807) is 12.4 Å². The number of rotatable bonds is 2. The molecule has 0 saturated carbocycles. The Morgan fingerprint density at radius 3 is 3.20 bits per heavy atom. The third kappa shape index (κ3) is 1.36. The monoisotopic (exact) mass is 136 g/mol. The third-order valence-electron chi connectivity index (χ3n) is 1.15. The number of aliphatic hydroxyl groups is 1. The zero-order valence-corrected chi connectivity index (χ0v) is 5.41. The molecule has 0 aromatic carbocycles. The summed E-state index contributed by atoms with van der Waals surface area (Å²) in [6, 6.07) is 0. The average Bonchev–Trinajstić information content (AvgIpc) is 2.38. The Morgan fingerprint density at radius 2 is 2.70 bits per heavy atom. The molecule has 1 aromatic heterocycles. The van der Waals surface area contributed by atoms with E-state index >= 15 is 0 Å². The minimum atomic E-state index is -0.653. The van der Waals surface area contributed by atoms with Crippen molar-refractivity contribution in [1.82, 2.24) is 9.97 Å². The van der Waals surface area contributed by atoms with Crippen LogP contribution in [0.4, 0.5) is 0 Å². The fourth-order valence-electron chi connectivity index (χ4n) is 0.668. The fraction of sp³-hybridized carbons (Fsp3) is 0.286. The average molecular weight is 136 g/mol. The van der Waals surface area contributed by atoms with E-state index in [2.05, 4.69) is 15.9 Å². The number of hydrogen-bond acceptors (Lipinski definition) is 2. The van der Waals surface area contributed by atoms with Gasteiger partial charge in [-0.2, -0.15) is 0 Å². The molecule has 1 unspecified atom stereocenters. The normalized spacial score (nSPS) is 12.4. The molecule has 0 aliphatic carbocycles. The van der Waals surface area contributed by atoms with Gasteiger partial charge in [0.25, 0.3) is 0 Å². The van der Waals surface area contributed by atoms with Gasteiger partial charge in [-0.05, 0) is 0 Å². The van der Waals surface area contributed by atoms with E-state index in [9.17, 15) is 5.11 Å². The molecule has 1 atom stereocenters. The first-order valence-electron chi connectivity index (χ1n) is 2.95. The number of terminal acetylenes is 1. The van der Waals surface area contributed by atoms with Gasteiger partial charge < -0.3 is 10.1 Å². The van der Waals surface area contributed by atoms with E-state index in [4.69, 9.17) is 6.42 Å². The van der Waals surface area contributed by atoms with Crippen molar-refractivity contribution in [1.29, 1.82) is 0 Å². The van der Waals surface area contributed by atoms with Gasteiger partial charge in [0.2, 0.25) is 0 Å². The summed E-state index contributed by atoms with van der Waals surface area (Å²) in [5.74, 6) is 2.87. The second-order valence-corrected chi connectivity index (χ2v) is 1.90. The largest absolute Gasteiger partial charge is 0.384 e. The zero-order chi connectivity index (χ0) is 7.40. The van der Waals surface area contributed by atoms with Gasteiger partial charge in [-0.25, -0.2) is 4.98 Å². The van der Waals surface area contributed by atoms with Crippen molar-refractivity contribution >= 4 is 0 Å². The number of hydrogen-bond donors (Lipinski definition) is 2. The molecule has 2 N–H and O–H groups in total. The molecule has 0 bridgehead atoms. The Balaban J connectivity index is 2.61. The first kappa shape index (κ1) is 6.84. The molecule has 1 heterocycles. The summed E-state index contributed by atoms with van der Waals surface area (Å²) >= 11 is 0. The highest BCUT2D eigenvalue weighted by atomic mass is 16.3. The standard InChI is InChI=1S/C7H8N2O/c1-2-3-6(10)7-8-4-5-9-7/h1,4-6,10H,3H2,(H,8,9). The smallest absolute Gasteiger partial charge is 0.135 e. The van der Waals surface area contributed by atoms with Crippen molar-refractivity contribution in [3.63, 3.8) is 0 Å². The van der Waals surface area contributed by atoms with Crippen LogP contribution in [0.3, 0.4) is 0 Å². The molecular weight excluding hydrogens is 128 g/mol. The van der Waals surface area contributed by atoms with Crippen LogP contribution in [-0.4, -0.2) is 15.1 Å². The second-order valence-electron chi connectivity index (χ2n) is 1.90. The van der Waals surface area contributed by atoms with E-state index in [0.717, 1.165) is 0 Å². The van der Waals surface area contributed by atoms with Crippen LogP contribution in [-0.2, 0) is 0 Å². The predicted molar refractivity (Wildman–Crippen MR) is 37.0 cm³/mol. The van der Waals surface area contributed by atoms with E-state index in [1.807, 2.05) is 0 Å². The first-order chi connectivity index (χ1) is 4.84. The summed E-state index contributed by atoms with van der Waals surface area (Å²) in [5.41, 5.74) is 0. The van der Waals surface area contributed by atoms with Crippen LogP contribution in [0, 0.1) is 12.3 Å². The lowest BCUT2D eigenvalue weighted by Crippen LogP contribution is -1.97. The Hall–Kier alpha value is -1.27. The highest BCUT2D eigenvalue weighted by Crippen LogP contribution is 2.08. The minimum absolute atomic E-state index is 0.299. The number of nitrogens with zero attached hydrogens (tertiary/aromatic N) is 1. The van der Waals surface area contributed by atoms with Crippen LogP contribution in [0.1, 0.15) is 18.3 Å². The lowest BCUT2D eigenvalue weighted by molar-refractivity contribution is 0.175. The van der Waals surface area contributed by atoms with Gasteiger partial charge in [-0.15, -0.1) is 12.3 Å². The quantitative estimate of drug-likeness (QED) is 0.580. The number of nitrogens with one attached hydrogen (secondary N) is 1. The van der Waals surface area contributed by atoms with Gasteiger partial charge in [0.05, 0.1) is 0 Å². The van der Waals surface area contributed by atoms with Gasteiger partial charge in [0.1, 0.15) is 11.9 Å². The Kier molecular flexibility index (Phi) is 2.08. The molecule has 0 amide bonds. The van der Waals surface area contributed by atoms with E-state index < -0.39 is 6.10 Å². The maximum atomic E-state index is 9.17. The van der Waals surface area contributed by atoms with Gasteiger partial charge in [-0.1, -0.05) is 0 Å². The van der Waals surface area contributed by atoms with Crippen LogP contribution in [0.25, 0.3) is 0 Å². The van der Waals surface area contributed by atoms with E-state index in [1.165, 1.54) is 0 Å². The summed E-state index contributed by atoms with van der Waals surface area (Å²) < 4.78 is 0. The number of H-pyrrole nitrogens is 1. The van der Waals surface area contributed by atoms with Crippen LogP contribution in [0.5, 0.6) is 0 Å². The highest BCUT2D eigenvalue weighted by molar-refractivity contribution is 4.98. The molecule has 3 nitrogen and oxygen atoms in total. The summed E-state index contributed by atoms with van der Waals surface area (Å²) in [7, 11) is 0. The number of aromatic nitrogens is 2. The van der Waals surface area contributed by atoms with E-state index in [0.29, 0.717) is 12.2 Å². The molecule has 0 spiro atoms. The molecule has 0 fully saturated rings. The van der Waals surface area contributed by atoms with Gasteiger partial charge in [-0.3, -0.25) is 0 Å². The molecule has 1 rings (SSSR count). The highest BCUT2D eigenvalue weighted by Gasteiger charge is 2.06. The van der Waals surface area contributed by atoms with Gasteiger partial charge >= 0.3 is 0 Å². The maximum absolute atomic E-state index is 9.17. The maximum Gasteiger partial charge on any atom is 0.135 e.